The van der Waals surface area contributed by atoms with Crippen molar-refractivity contribution in [3.63, 3.8) is 0 Å². The second kappa shape index (κ2) is 5.72. The van der Waals surface area contributed by atoms with Crippen molar-refractivity contribution >= 4 is 15.9 Å². The van der Waals surface area contributed by atoms with Crippen molar-refractivity contribution in [1.29, 1.82) is 0 Å². The Balaban J connectivity index is 2.49. The molecule has 0 unspecified atom stereocenters. The van der Waals surface area contributed by atoms with Gasteiger partial charge in [0.05, 0.1) is 11.5 Å². The molecule has 0 fully saturated rings. The molecule has 0 bridgehead atoms. The number of hydrogen-bond acceptors (Lipinski definition) is 2. The molecule has 0 saturated heterocycles. The Morgan fingerprint density at radius 3 is 2.20 bits per heavy atom. The molecule has 100 valence electrons. The lowest BCUT2D eigenvalue weighted by Crippen LogP contribution is -2.02. The average molecular weight is 283 g/mol. The van der Waals surface area contributed by atoms with Crippen LogP contribution in [-0.2, 0) is 9.84 Å². The van der Waals surface area contributed by atoms with E-state index in [1.807, 2.05) is 13.0 Å². The largest absolute Gasteiger partial charge is 0.283 e. The summed E-state index contributed by atoms with van der Waals surface area (Å²) in [6, 6.07) is 15.4. The molecule has 2 aromatic carbocycles. The lowest BCUT2D eigenvalue weighted by molar-refractivity contribution is 0.603. The highest BCUT2D eigenvalue weighted by atomic mass is 32.2. The second-order valence-electron chi connectivity index (χ2n) is 4.32. The summed E-state index contributed by atoms with van der Waals surface area (Å²) in [5, 5.41) is -0.271. The highest BCUT2D eigenvalue weighted by Gasteiger charge is 2.21. The molecule has 20 heavy (non-hydrogen) atoms. The molecule has 0 aliphatic carbocycles. The van der Waals surface area contributed by atoms with Gasteiger partial charge in [-0.25, -0.2) is 13.3 Å². The van der Waals surface area contributed by atoms with Crippen molar-refractivity contribution in [2.75, 3.05) is 0 Å². The van der Waals surface area contributed by atoms with Crippen LogP contribution in [0.3, 0.4) is 0 Å². The highest BCUT2D eigenvalue weighted by molar-refractivity contribution is 7.95. The molecule has 2 rings (SSSR count). The van der Waals surface area contributed by atoms with Crippen LogP contribution in [0.4, 0.5) is 0 Å². The zero-order valence-electron chi connectivity index (χ0n) is 10.9. The molecule has 0 N–H and O–H groups in total. The maximum Gasteiger partial charge on any atom is 0.283 e. The first-order valence-electron chi connectivity index (χ1n) is 6.00. The van der Waals surface area contributed by atoms with E-state index in [9.17, 15) is 8.42 Å². The van der Waals surface area contributed by atoms with E-state index < -0.39 is 9.84 Å². The van der Waals surface area contributed by atoms with Crippen LogP contribution in [0.25, 0.3) is 10.9 Å². The Hall–Kier alpha value is -2.38. The Kier molecular flexibility index (Phi) is 4.02. The van der Waals surface area contributed by atoms with Gasteiger partial charge in [-0.2, -0.15) is 0 Å². The van der Waals surface area contributed by atoms with Crippen molar-refractivity contribution in [3.05, 3.63) is 82.2 Å². The van der Waals surface area contributed by atoms with Crippen molar-refractivity contribution in [3.8, 4) is 0 Å². The lowest BCUT2D eigenvalue weighted by atomic mass is 10.2. The molecule has 0 aliphatic heterocycles. The third-order valence-corrected chi connectivity index (χ3v) is 4.46. The van der Waals surface area contributed by atoms with E-state index >= 15 is 0 Å². The standard InChI is InChI=1S/C16H13NO2S/c1-13-8-10-15(11-9-13)20(18,19)16(17-2)12-14-6-4-3-5-7-14/h3-12H,1H3. The Labute approximate surface area is 118 Å². The summed E-state index contributed by atoms with van der Waals surface area (Å²) >= 11 is 0. The minimum absolute atomic E-state index is 0.140. The van der Waals surface area contributed by atoms with E-state index in [0.717, 1.165) is 5.56 Å². The molecule has 0 radical (unpaired) electrons. The van der Waals surface area contributed by atoms with Crippen LogP contribution in [0.15, 0.2) is 64.5 Å². The number of aryl methyl sites for hydroxylation is 1. The summed E-state index contributed by atoms with van der Waals surface area (Å²) in [4.78, 5) is 3.32. The van der Waals surface area contributed by atoms with Gasteiger partial charge in [-0.3, -0.25) is 0 Å². The van der Waals surface area contributed by atoms with Gasteiger partial charge in [0.1, 0.15) is 0 Å². The van der Waals surface area contributed by atoms with Crippen LogP contribution in [-0.4, -0.2) is 8.42 Å². The first-order valence-corrected chi connectivity index (χ1v) is 7.48. The van der Waals surface area contributed by atoms with Crippen LogP contribution in [0.5, 0.6) is 0 Å². The van der Waals surface area contributed by atoms with Crippen LogP contribution >= 0.6 is 0 Å². The second-order valence-corrected chi connectivity index (χ2v) is 6.22. The maximum atomic E-state index is 12.4. The van der Waals surface area contributed by atoms with Crippen LogP contribution in [0.2, 0.25) is 0 Å². The topological polar surface area (TPSA) is 38.5 Å². The predicted molar refractivity (Wildman–Crippen MR) is 79.4 cm³/mol. The molecule has 0 atom stereocenters. The van der Waals surface area contributed by atoms with Crippen molar-refractivity contribution in [2.45, 2.75) is 11.8 Å². The van der Waals surface area contributed by atoms with E-state index in [4.69, 9.17) is 6.57 Å². The Bertz CT molecular complexity index is 767. The van der Waals surface area contributed by atoms with E-state index in [0.29, 0.717) is 5.56 Å². The third kappa shape index (κ3) is 2.95. The number of hydrogen-bond donors (Lipinski definition) is 0. The molecule has 2 aromatic rings. The molecule has 0 amide bonds. The fourth-order valence-corrected chi connectivity index (χ4v) is 2.85. The van der Waals surface area contributed by atoms with Crippen LogP contribution in [0, 0.1) is 13.5 Å². The van der Waals surface area contributed by atoms with Gasteiger partial charge in [0, 0.05) is 0 Å². The molecular formula is C16H13NO2S. The summed E-state index contributed by atoms with van der Waals surface area (Å²) < 4.78 is 24.8. The molecule has 0 spiro atoms. The minimum atomic E-state index is -3.76. The molecule has 0 aliphatic rings. The lowest BCUT2D eigenvalue weighted by Gasteiger charge is -2.03. The van der Waals surface area contributed by atoms with Crippen LogP contribution < -0.4 is 0 Å². The zero-order chi connectivity index (χ0) is 14.6. The first-order chi connectivity index (χ1) is 9.54. The number of sulfone groups is 1. The SMILES string of the molecule is [C-]#[N+]C(=Cc1ccccc1)S(=O)(=O)c1ccc(C)cc1. The van der Waals surface area contributed by atoms with E-state index in [2.05, 4.69) is 4.85 Å². The van der Waals surface area contributed by atoms with Crippen molar-refractivity contribution in [2.24, 2.45) is 0 Å². The smallest absolute Gasteiger partial charge is 0.230 e. The summed E-state index contributed by atoms with van der Waals surface area (Å²) in [5.41, 5.74) is 1.66. The van der Waals surface area contributed by atoms with Gasteiger partial charge in [-0.15, -0.1) is 0 Å². The molecule has 0 saturated carbocycles. The fourth-order valence-electron chi connectivity index (χ4n) is 1.70. The highest BCUT2D eigenvalue weighted by Crippen LogP contribution is 2.22. The monoisotopic (exact) mass is 283 g/mol. The van der Waals surface area contributed by atoms with E-state index in [1.54, 1.807) is 36.4 Å². The third-order valence-electron chi connectivity index (χ3n) is 2.81. The van der Waals surface area contributed by atoms with E-state index in [-0.39, 0.29) is 9.92 Å². The molecule has 3 nitrogen and oxygen atoms in total. The molecule has 0 aromatic heterocycles. The van der Waals surface area contributed by atoms with Gasteiger partial charge in [0.15, 0.2) is 0 Å². The summed E-state index contributed by atoms with van der Waals surface area (Å²) in [6.07, 6.45) is 1.39. The number of nitrogens with zero attached hydrogens (tertiary/aromatic N) is 1. The summed E-state index contributed by atoms with van der Waals surface area (Å²) in [6.45, 7) is 9.01. The zero-order valence-corrected chi connectivity index (χ0v) is 11.8. The Morgan fingerprint density at radius 2 is 1.65 bits per heavy atom. The predicted octanol–water partition coefficient (Wildman–Crippen LogP) is 3.69. The van der Waals surface area contributed by atoms with Gasteiger partial charge < -0.3 is 0 Å². The van der Waals surface area contributed by atoms with Crippen LogP contribution in [0.1, 0.15) is 11.1 Å². The fraction of sp³-hybridized carbons (Fsp3) is 0.0625. The summed E-state index contributed by atoms with van der Waals surface area (Å²) in [7, 11) is -3.76. The molecule has 0 heterocycles. The summed E-state index contributed by atoms with van der Waals surface area (Å²) in [5.74, 6) is 0. The minimum Gasteiger partial charge on any atom is -0.230 e. The maximum absolute atomic E-state index is 12.4. The number of rotatable bonds is 3. The number of benzene rings is 2. The quantitative estimate of drug-likeness (QED) is 0.806. The average Bonchev–Trinajstić information content (AvgIpc) is 2.46. The van der Waals surface area contributed by atoms with Gasteiger partial charge in [0.2, 0.25) is 9.84 Å². The first kappa shape index (κ1) is 14.0. The normalized spacial score (nSPS) is 11.9. The Morgan fingerprint density at radius 1 is 1.05 bits per heavy atom. The van der Waals surface area contributed by atoms with E-state index in [1.165, 1.54) is 18.2 Å². The van der Waals surface area contributed by atoms with Gasteiger partial charge in [-0.1, -0.05) is 48.0 Å². The van der Waals surface area contributed by atoms with Crippen molar-refractivity contribution < 1.29 is 8.42 Å². The van der Waals surface area contributed by atoms with Gasteiger partial charge >= 0.3 is 0 Å². The molecular weight excluding hydrogens is 270 g/mol. The molecule has 4 heteroatoms. The van der Waals surface area contributed by atoms with Crippen molar-refractivity contribution in [1.82, 2.24) is 0 Å². The van der Waals surface area contributed by atoms with Gasteiger partial charge in [-0.05, 0) is 30.7 Å². The van der Waals surface area contributed by atoms with Gasteiger partial charge in [0.25, 0.3) is 5.03 Å².